The highest BCUT2D eigenvalue weighted by Gasteiger charge is 2.21. The Morgan fingerprint density at radius 3 is 2.86 bits per heavy atom. The monoisotopic (exact) mass is 288 g/mol. The molecule has 114 valence electrons. The molecule has 1 aliphatic rings. The van der Waals surface area contributed by atoms with Crippen LogP contribution in [-0.2, 0) is 13.6 Å². The molecule has 0 amide bonds. The van der Waals surface area contributed by atoms with Crippen LogP contribution >= 0.6 is 0 Å². The van der Waals surface area contributed by atoms with E-state index >= 15 is 0 Å². The van der Waals surface area contributed by atoms with Gasteiger partial charge in [-0.15, -0.1) is 0 Å². The highest BCUT2D eigenvalue weighted by atomic mass is 16.3. The van der Waals surface area contributed by atoms with E-state index in [0.717, 1.165) is 25.4 Å². The highest BCUT2D eigenvalue weighted by Crippen LogP contribution is 2.18. The van der Waals surface area contributed by atoms with Gasteiger partial charge in [0.15, 0.2) is 0 Å². The van der Waals surface area contributed by atoms with Gasteiger partial charge in [0, 0.05) is 44.0 Å². The number of furan rings is 1. The number of likely N-dealkylation sites (tertiary alicyclic amines) is 1. The van der Waals surface area contributed by atoms with Gasteiger partial charge >= 0.3 is 0 Å². The van der Waals surface area contributed by atoms with Crippen LogP contribution in [0.15, 0.2) is 35.2 Å². The van der Waals surface area contributed by atoms with E-state index in [1.807, 2.05) is 24.0 Å². The molecule has 0 radical (unpaired) electrons. The van der Waals surface area contributed by atoms with E-state index in [0.29, 0.717) is 12.1 Å². The lowest BCUT2D eigenvalue weighted by Gasteiger charge is -2.33. The van der Waals surface area contributed by atoms with Crippen LogP contribution in [0, 0.1) is 0 Å². The zero-order valence-corrected chi connectivity index (χ0v) is 12.8. The van der Waals surface area contributed by atoms with Gasteiger partial charge < -0.3 is 9.73 Å². The number of aromatic nitrogens is 2. The first-order chi connectivity index (χ1) is 10.2. The molecule has 2 aromatic rings. The van der Waals surface area contributed by atoms with Gasteiger partial charge in [0.2, 0.25) is 0 Å². The second-order valence-corrected chi connectivity index (χ2v) is 5.97. The summed E-state index contributed by atoms with van der Waals surface area (Å²) in [6.45, 7) is 5.39. The summed E-state index contributed by atoms with van der Waals surface area (Å²) in [4.78, 5) is 2.46. The maximum absolute atomic E-state index is 5.42. The summed E-state index contributed by atoms with van der Waals surface area (Å²) in [5, 5.41) is 7.97. The zero-order valence-electron chi connectivity index (χ0n) is 12.8. The van der Waals surface area contributed by atoms with Crippen LogP contribution in [-0.4, -0.2) is 33.8 Å². The Balaban J connectivity index is 1.45. The van der Waals surface area contributed by atoms with Gasteiger partial charge in [-0.25, -0.2) is 0 Å². The minimum Gasteiger partial charge on any atom is -0.468 e. The lowest BCUT2D eigenvalue weighted by molar-refractivity contribution is 0.174. The largest absolute Gasteiger partial charge is 0.468 e. The summed E-state index contributed by atoms with van der Waals surface area (Å²) in [5.74, 6) is 1.06. The number of nitrogens with one attached hydrogen (secondary N) is 1. The molecule has 5 nitrogen and oxygen atoms in total. The lowest BCUT2D eigenvalue weighted by atomic mass is 10.0. The average molecular weight is 288 g/mol. The summed E-state index contributed by atoms with van der Waals surface area (Å²) in [6.07, 6.45) is 8.16. The molecule has 1 saturated heterocycles. The quantitative estimate of drug-likeness (QED) is 0.917. The van der Waals surface area contributed by atoms with Crippen molar-refractivity contribution in [2.75, 3.05) is 13.1 Å². The van der Waals surface area contributed by atoms with Crippen molar-refractivity contribution in [1.29, 1.82) is 0 Å². The van der Waals surface area contributed by atoms with Gasteiger partial charge in [-0.3, -0.25) is 9.58 Å². The number of piperidine rings is 1. The predicted octanol–water partition coefficient (Wildman–Crippen LogP) is 2.33. The van der Waals surface area contributed by atoms with Crippen LogP contribution in [0.25, 0.3) is 0 Å². The molecular weight excluding hydrogens is 264 g/mol. The van der Waals surface area contributed by atoms with E-state index in [2.05, 4.69) is 34.5 Å². The molecule has 2 aromatic heterocycles. The number of nitrogens with zero attached hydrogens (tertiary/aromatic N) is 3. The van der Waals surface area contributed by atoms with E-state index in [-0.39, 0.29) is 0 Å². The molecule has 21 heavy (non-hydrogen) atoms. The molecular formula is C16H24N4O. The minimum absolute atomic E-state index is 0.361. The number of aryl methyl sites for hydroxylation is 1. The fraction of sp³-hybridized carbons (Fsp3) is 0.562. The molecule has 0 spiro atoms. The third kappa shape index (κ3) is 3.74. The zero-order chi connectivity index (χ0) is 14.7. The summed E-state index contributed by atoms with van der Waals surface area (Å²) >= 11 is 0. The Kier molecular flexibility index (Phi) is 4.41. The Morgan fingerprint density at radius 1 is 1.43 bits per heavy atom. The Morgan fingerprint density at radius 2 is 2.24 bits per heavy atom. The number of rotatable bonds is 5. The Hall–Kier alpha value is -1.59. The van der Waals surface area contributed by atoms with E-state index in [1.165, 1.54) is 18.4 Å². The third-order valence-electron chi connectivity index (χ3n) is 4.26. The summed E-state index contributed by atoms with van der Waals surface area (Å²) < 4.78 is 7.28. The van der Waals surface area contributed by atoms with E-state index in [9.17, 15) is 0 Å². The highest BCUT2D eigenvalue weighted by molar-refractivity contribution is 5.09. The van der Waals surface area contributed by atoms with Crippen molar-refractivity contribution in [3.63, 3.8) is 0 Å². The van der Waals surface area contributed by atoms with Crippen LogP contribution in [0.5, 0.6) is 0 Å². The van der Waals surface area contributed by atoms with Crippen LogP contribution in [0.4, 0.5) is 0 Å². The SMILES string of the molecule is C[C@@H](NC1CCN(Cc2ccco2)CC1)c1cnn(C)c1. The van der Waals surface area contributed by atoms with Crippen LogP contribution in [0.2, 0.25) is 0 Å². The van der Waals surface area contributed by atoms with Crippen molar-refractivity contribution < 1.29 is 4.42 Å². The number of hydrogen-bond acceptors (Lipinski definition) is 4. The maximum Gasteiger partial charge on any atom is 0.117 e. The average Bonchev–Trinajstić information content (AvgIpc) is 3.12. The van der Waals surface area contributed by atoms with Gasteiger partial charge in [0.25, 0.3) is 0 Å². The fourth-order valence-corrected chi connectivity index (χ4v) is 2.99. The third-order valence-corrected chi connectivity index (χ3v) is 4.26. The van der Waals surface area contributed by atoms with Crippen LogP contribution in [0.1, 0.15) is 37.1 Å². The van der Waals surface area contributed by atoms with Crippen LogP contribution < -0.4 is 5.32 Å². The summed E-state index contributed by atoms with van der Waals surface area (Å²) in [7, 11) is 1.96. The second kappa shape index (κ2) is 6.45. The molecule has 1 fully saturated rings. The second-order valence-electron chi connectivity index (χ2n) is 5.97. The molecule has 1 atom stereocenters. The predicted molar refractivity (Wildman–Crippen MR) is 81.8 cm³/mol. The Bertz CT molecular complexity index is 540. The van der Waals surface area contributed by atoms with E-state index < -0.39 is 0 Å². The summed E-state index contributed by atoms with van der Waals surface area (Å²) in [6, 6.07) is 4.96. The molecule has 0 aromatic carbocycles. The van der Waals surface area contributed by atoms with Gasteiger partial charge in [0.05, 0.1) is 19.0 Å². The molecule has 3 heterocycles. The first kappa shape index (κ1) is 14.4. The molecule has 5 heteroatoms. The van der Waals surface area contributed by atoms with Crippen LogP contribution in [0.3, 0.4) is 0 Å². The lowest BCUT2D eigenvalue weighted by Crippen LogP contribution is -2.42. The molecule has 0 bridgehead atoms. The van der Waals surface area contributed by atoms with Crippen molar-refractivity contribution in [1.82, 2.24) is 20.0 Å². The molecule has 0 saturated carbocycles. The molecule has 0 aliphatic carbocycles. The van der Waals surface area contributed by atoms with Crippen molar-refractivity contribution in [2.24, 2.45) is 7.05 Å². The van der Waals surface area contributed by atoms with Crippen molar-refractivity contribution in [2.45, 2.75) is 38.4 Å². The standard InChI is InChI=1S/C16H24N4O/c1-13(14-10-17-19(2)11-14)18-15-5-7-20(8-6-15)12-16-4-3-9-21-16/h3-4,9-11,13,15,18H,5-8,12H2,1-2H3/t13-/m1/s1. The number of hydrogen-bond donors (Lipinski definition) is 1. The first-order valence-corrected chi connectivity index (χ1v) is 7.70. The normalized spacial score (nSPS) is 19.0. The maximum atomic E-state index is 5.42. The molecule has 1 aliphatic heterocycles. The van der Waals surface area contributed by atoms with Crippen molar-refractivity contribution in [3.05, 3.63) is 42.1 Å². The molecule has 0 unspecified atom stereocenters. The molecule has 1 N–H and O–H groups in total. The van der Waals surface area contributed by atoms with Gasteiger partial charge in [-0.05, 0) is 31.9 Å². The van der Waals surface area contributed by atoms with Crippen molar-refractivity contribution >= 4 is 0 Å². The van der Waals surface area contributed by atoms with Gasteiger partial charge in [0.1, 0.15) is 5.76 Å². The smallest absolute Gasteiger partial charge is 0.117 e. The van der Waals surface area contributed by atoms with Gasteiger partial charge in [-0.1, -0.05) is 0 Å². The first-order valence-electron chi connectivity index (χ1n) is 7.70. The topological polar surface area (TPSA) is 46.2 Å². The van der Waals surface area contributed by atoms with Crippen molar-refractivity contribution in [3.8, 4) is 0 Å². The van der Waals surface area contributed by atoms with E-state index in [1.54, 1.807) is 6.26 Å². The fourth-order valence-electron chi connectivity index (χ4n) is 2.99. The summed E-state index contributed by atoms with van der Waals surface area (Å²) in [5.41, 5.74) is 1.26. The molecule has 3 rings (SSSR count). The van der Waals surface area contributed by atoms with E-state index in [4.69, 9.17) is 4.42 Å². The Labute approximate surface area is 125 Å². The van der Waals surface area contributed by atoms with Gasteiger partial charge in [-0.2, -0.15) is 5.10 Å². The minimum atomic E-state index is 0.361.